The third kappa shape index (κ3) is 1.91. The molecule has 2 aromatic heterocycles. The maximum Gasteiger partial charge on any atom is 0.323 e. The zero-order valence-electron chi connectivity index (χ0n) is 9.06. The Morgan fingerprint density at radius 2 is 2.11 bits per heavy atom. The van der Waals surface area contributed by atoms with Crippen molar-refractivity contribution < 1.29 is 4.79 Å². The summed E-state index contributed by atoms with van der Waals surface area (Å²) in [4.78, 5) is 32.2. The molecule has 90 valence electrons. The van der Waals surface area contributed by atoms with Gasteiger partial charge in [0.25, 0.3) is 5.91 Å². The van der Waals surface area contributed by atoms with Crippen LogP contribution in [0, 0.1) is 0 Å². The summed E-state index contributed by atoms with van der Waals surface area (Å²) in [5.74, 6) is -0.256. The molecule has 6 nitrogen and oxygen atoms in total. The fourth-order valence-corrected chi connectivity index (χ4v) is 2.15. The summed E-state index contributed by atoms with van der Waals surface area (Å²) in [6.07, 6.45) is 1.62. The quantitative estimate of drug-likeness (QED) is 0.653. The number of aromatic nitrogens is 3. The van der Waals surface area contributed by atoms with E-state index in [4.69, 9.17) is 0 Å². The normalized spacial score (nSPS) is 10.7. The molecule has 0 spiro atoms. The first kappa shape index (κ1) is 10.7. The lowest BCUT2D eigenvalue weighted by atomic mass is 10.2. The number of carbonyl (C=O) groups excluding carboxylic acids is 1. The molecule has 18 heavy (non-hydrogen) atoms. The van der Waals surface area contributed by atoms with Gasteiger partial charge >= 0.3 is 5.69 Å². The van der Waals surface area contributed by atoms with Crippen LogP contribution in [0.5, 0.6) is 0 Å². The predicted octanol–water partition coefficient (Wildman–Crippen LogP) is 1.56. The van der Waals surface area contributed by atoms with Crippen molar-refractivity contribution in [1.29, 1.82) is 0 Å². The van der Waals surface area contributed by atoms with E-state index in [0.29, 0.717) is 21.7 Å². The third-order valence-corrected chi connectivity index (χ3v) is 3.12. The molecule has 0 aliphatic carbocycles. The van der Waals surface area contributed by atoms with Gasteiger partial charge in [-0.2, -0.15) is 0 Å². The SMILES string of the molecule is O=C(Nc1nccs1)c1ccc2[nH]c(=O)[nH]c2c1. The van der Waals surface area contributed by atoms with Crippen molar-refractivity contribution in [3.63, 3.8) is 0 Å². The van der Waals surface area contributed by atoms with Gasteiger partial charge < -0.3 is 9.97 Å². The molecule has 3 N–H and O–H groups in total. The topological polar surface area (TPSA) is 90.6 Å². The number of benzene rings is 1. The van der Waals surface area contributed by atoms with Gasteiger partial charge in [-0.3, -0.25) is 10.1 Å². The van der Waals surface area contributed by atoms with Gasteiger partial charge in [-0.1, -0.05) is 0 Å². The predicted molar refractivity (Wildman–Crippen MR) is 69.0 cm³/mol. The van der Waals surface area contributed by atoms with Crippen molar-refractivity contribution in [3.8, 4) is 0 Å². The number of rotatable bonds is 2. The van der Waals surface area contributed by atoms with E-state index in [0.717, 1.165) is 0 Å². The highest BCUT2D eigenvalue weighted by atomic mass is 32.1. The molecule has 0 radical (unpaired) electrons. The molecule has 3 rings (SSSR count). The van der Waals surface area contributed by atoms with Crippen LogP contribution in [0.1, 0.15) is 10.4 Å². The Morgan fingerprint density at radius 1 is 1.28 bits per heavy atom. The lowest BCUT2D eigenvalue weighted by Crippen LogP contribution is -2.11. The van der Waals surface area contributed by atoms with Crippen molar-refractivity contribution in [1.82, 2.24) is 15.0 Å². The van der Waals surface area contributed by atoms with Crippen molar-refractivity contribution in [3.05, 3.63) is 45.8 Å². The molecule has 0 atom stereocenters. The Labute approximate surface area is 105 Å². The summed E-state index contributed by atoms with van der Waals surface area (Å²) in [5, 5.41) is 5.00. The van der Waals surface area contributed by atoms with Crippen LogP contribution in [0.25, 0.3) is 11.0 Å². The number of fused-ring (bicyclic) bond motifs is 1. The number of hydrogen-bond acceptors (Lipinski definition) is 4. The molecule has 0 bridgehead atoms. The number of nitrogens with one attached hydrogen (secondary N) is 3. The van der Waals surface area contributed by atoms with Gasteiger partial charge in [0.1, 0.15) is 0 Å². The van der Waals surface area contributed by atoms with Crippen LogP contribution in [0.2, 0.25) is 0 Å². The van der Waals surface area contributed by atoms with Crippen LogP contribution in [-0.2, 0) is 0 Å². The molecular weight excluding hydrogens is 252 g/mol. The second-order valence-corrected chi connectivity index (χ2v) is 4.53. The maximum atomic E-state index is 11.9. The number of amides is 1. The fraction of sp³-hybridized carbons (Fsp3) is 0. The Hall–Kier alpha value is -2.41. The summed E-state index contributed by atoms with van der Waals surface area (Å²) < 4.78 is 0. The largest absolute Gasteiger partial charge is 0.323 e. The minimum atomic E-state index is -0.289. The highest BCUT2D eigenvalue weighted by Crippen LogP contribution is 2.14. The van der Waals surface area contributed by atoms with Crippen molar-refractivity contribution in [2.45, 2.75) is 0 Å². The summed E-state index contributed by atoms with van der Waals surface area (Å²) in [7, 11) is 0. The van der Waals surface area contributed by atoms with E-state index in [1.807, 2.05) is 0 Å². The summed E-state index contributed by atoms with van der Waals surface area (Å²) in [6, 6.07) is 4.95. The smallest absolute Gasteiger partial charge is 0.306 e. The Bertz CT molecular complexity index is 757. The molecule has 2 heterocycles. The average molecular weight is 260 g/mol. The first-order valence-corrected chi connectivity index (χ1v) is 6.03. The molecule has 3 aromatic rings. The van der Waals surface area contributed by atoms with Crippen LogP contribution in [0.3, 0.4) is 0 Å². The lowest BCUT2D eigenvalue weighted by Gasteiger charge is -2.01. The van der Waals surface area contributed by atoms with Crippen LogP contribution in [0.4, 0.5) is 5.13 Å². The van der Waals surface area contributed by atoms with Crippen LogP contribution in [-0.4, -0.2) is 20.9 Å². The van der Waals surface area contributed by atoms with Gasteiger partial charge in [0.2, 0.25) is 0 Å². The number of carbonyl (C=O) groups is 1. The van der Waals surface area contributed by atoms with Crippen LogP contribution < -0.4 is 11.0 Å². The number of aromatic amines is 2. The highest BCUT2D eigenvalue weighted by Gasteiger charge is 2.09. The molecule has 1 amide bonds. The van der Waals surface area contributed by atoms with Crippen LogP contribution >= 0.6 is 11.3 Å². The Kier molecular flexibility index (Phi) is 2.45. The van der Waals surface area contributed by atoms with E-state index in [-0.39, 0.29) is 11.6 Å². The standard InChI is InChI=1S/C11H8N4O2S/c16-9(15-11-12-3-4-18-11)6-1-2-7-8(5-6)14-10(17)13-7/h1-5H,(H,12,15,16)(H2,13,14,17). The third-order valence-electron chi connectivity index (χ3n) is 2.43. The molecule has 1 aromatic carbocycles. The molecule has 0 aliphatic heterocycles. The molecular formula is C11H8N4O2S. The molecule has 0 aliphatic rings. The molecule has 7 heteroatoms. The number of nitrogens with zero attached hydrogens (tertiary/aromatic N) is 1. The van der Waals surface area contributed by atoms with Gasteiger partial charge in [0.05, 0.1) is 11.0 Å². The number of thiazole rings is 1. The number of H-pyrrole nitrogens is 2. The first-order valence-electron chi connectivity index (χ1n) is 5.15. The lowest BCUT2D eigenvalue weighted by molar-refractivity contribution is 0.102. The van der Waals surface area contributed by atoms with Crippen molar-refractivity contribution >= 4 is 33.4 Å². The van der Waals surface area contributed by atoms with Gasteiger partial charge in [-0.25, -0.2) is 9.78 Å². The van der Waals surface area contributed by atoms with E-state index in [2.05, 4.69) is 20.3 Å². The van der Waals surface area contributed by atoms with E-state index < -0.39 is 0 Å². The Balaban J connectivity index is 1.93. The minimum Gasteiger partial charge on any atom is -0.306 e. The highest BCUT2D eigenvalue weighted by molar-refractivity contribution is 7.13. The first-order chi connectivity index (χ1) is 8.72. The molecule has 0 saturated heterocycles. The minimum absolute atomic E-state index is 0.256. The zero-order chi connectivity index (χ0) is 12.5. The fourth-order valence-electron chi connectivity index (χ4n) is 1.63. The molecule has 0 unspecified atom stereocenters. The van der Waals surface area contributed by atoms with Crippen molar-refractivity contribution in [2.75, 3.05) is 5.32 Å². The number of hydrogen-bond donors (Lipinski definition) is 3. The Morgan fingerprint density at radius 3 is 2.89 bits per heavy atom. The van der Waals surface area contributed by atoms with Gasteiger partial charge in [0.15, 0.2) is 5.13 Å². The molecule has 0 fully saturated rings. The number of anilines is 1. The van der Waals surface area contributed by atoms with Gasteiger partial charge in [-0.15, -0.1) is 11.3 Å². The van der Waals surface area contributed by atoms with Gasteiger partial charge in [-0.05, 0) is 18.2 Å². The second kappa shape index (κ2) is 4.11. The van der Waals surface area contributed by atoms with E-state index in [1.165, 1.54) is 11.3 Å². The van der Waals surface area contributed by atoms with Gasteiger partial charge in [0, 0.05) is 17.1 Å². The molecule has 0 saturated carbocycles. The zero-order valence-corrected chi connectivity index (χ0v) is 9.88. The average Bonchev–Trinajstić information content (AvgIpc) is 2.95. The van der Waals surface area contributed by atoms with E-state index in [9.17, 15) is 9.59 Å². The monoisotopic (exact) mass is 260 g/mol. The maximum absolute atomic E-state index is 11.9. The van der Waals surface area contributed by atoms with E-state index in [1.54, 1.807) is 29.8 Å². The van der Waals surface area contributed by atoms with Crippen LogP contribution in [0.15, 0.2) is 34.6 Å². The second-order valence-electron chi connectivity index (χ2n) is 3.63. The van der Waals surface area contributed by atoms with Crippen molar-refractivity contribution in [2.24, 2.45) is 0 Å². The van der Waals surface area contributed by atoms with E-state index >= 15 is 0 Å². The summed E-state index contributed by atoms with van der Waals surface area (Å²) in [6.45, 7) is 0. The summed E-state index contributed by atoms with van der Waals surface area (Å²) in [5.41, 5.74) is 1.45. The summed E-state index contributed by atoms with van der Waals surface area (Å²) >= 11 is 1.35. The number of imidazole rings is 1.